The molecule has 1 amide bonds. The maximum absolute atomic E-state index is 12.4. The summed E-state index contributed by atoms with van der Waals surface area (Å²) >= 11 is 0. The minimum atomic E-state index is -0.984. The van der Waals surface area contributed by atoms with Crippen LogP contribution in [0.15, 0.2) is 24.3 Å². The molecule has 1 fully saturated rings. The molecule has 0 aromatic heterocycles. The quantitative estimate of drug-likeness (QED) is 0.912. The maximum atomic E-state index is 12.4. The number of likely N-dealkylation sites (tertiary alicyclic amines) is 1. The van der Waals surface area contributed by atoms with Gasteiger partial charge in [-0.2, -0.15) is 0 Å². The Kier molecular flexibility index (Phi) is 4.74. The highest BCUT2D eigenvalue weighted by Crippen LogP contribution is 2.19. The zero-order chi connectivity index (χ0) is 14.5. The van der Waals surface area contributed by atoms with Gasteiger partial charge >= 0.3 is 5.97 Å². The standard InChI is InChI=1S/C15H19NO4/c1-20-10-11-3-2-8-16(9-11)14(17)12-4-6-13(7-5-12)15(18)19/h4-7,11H,2-3,8-10H2,1H3,(H,18,19)/t11-/m0/s1. The summed E-state index contributed by atoms with van der Waals surface area (Å²) in [5.41, 5.74) is 0.727. The van der Waals surface area contributed by atoms with Gasteiger partial charge in [-0.1, -0.05) is 0 Å². The van der Waals surface area contributed by atoms with Crippen LogP contribution in [0.5, 0.6) is 0 Å². The van der Waals surface area contributed by atoms with Crippen molar-refractivity contribution in [1.82, 2.24) is 4.90 Å². The third-order valence-corrected chi connectivity index (χ3v) is 3.59. The lowest BCUT2D eigenvalue weighted by Crippen LogP contribution is -2.41. The second-order valence-electron chi connectivity index (χ2n) is 5.10. The van der Waals surface area contributed by atoms with E-state index in [-0.39, 0.29) is 11.5 Å². The number of ether oxygens (including phenoxy) is 1. The van der Waals surface area contributed by atoms with Crippen molar-refractivity contribution in [3.63, 3.8) is 0 Å². The minimum absolute atomic E-state index is 0.0391. The van der Waals surface area contributed by atoms with E-state index >= 15 is 0 Å². The van der Waals surface area contributed by atoms with Gasteiger partial charge < -0.3 is 14.7 Å². The lowest BCUT2D eigenvalue weighted by Gasteiger charge is -2.32. The molecular formula is C15H19NO4. The number of rotatable bonds is 4. The Morgan fingerprint density at radius 1 is 1.30 bits per heavy atom. The number of carbonyl (C=O) groups excluding carboxylic acids is 1. The predicted molar refractivity (Wildman–Crippen MR) is 73.9 cm³/mol. The van der Waals surface area contributed by atoms with Crippen LogP contribution in [-0.2, 0) is 4.74 Å². The van der Waals surface area contributed by atoms with Crippen LogP contribution in [0.3, 0.4) is 0 Å². The van der Waals surface area contributed by atoms with E-state index < -0.39 is 5.97 Å². The van der Waals surface area contributed by atoms with Crippen molar-refractivity contribution in [2.75, 3.05) is 26.8 Å². The summed E-state index contributed by atoms with van der Waals surface area (Å²) in [7, 11) is 1.67. The molecule has 1 atom stereocenters. The van der Waals surface area contributed by atoms with Gasteiger partial charge in [0.15, 0.2) is 0 Å². The molecule has 5 nitrogen and oxygen atoms in total. The van der Waals surface area contributed by atoms with Gasteiger partial charge in [-0.05, 0) is 43.0 Å². The number of nitrogens with zero attached hydrogens (tertiary/aromatic N) is 1. The summed E-state index contributed by atoms with van der Waals surface area (Å²) in [6, 6.07) is 6.08. The normalized spacial score (nSPS) is 18.9. The molecule has 108 valence electrons. The number of benzene rings is 1. The first-order valence-electron chi connectivity index (χ1n) is 6.73. The van der Waals surface area contributed by atoms with Gasteiger partial charge in [0.25, 0.3) is 5.91 Å². The van der Waals surface area contributed by atoms with Gasteiger partial charge in [0.1, 0.15) is 0 Å². The third kappa shape index (κ3) is 3.36. The average Bonchev–Trinajstić information content (AvgIpc) is 2.47. The van der Waals surface area contributed by atoms with Gasteiger partial charge in [-0.25, -0.2) is 4.79 Å². The summed E-state index contributed by atoms with van der Waals surface area (Å²) in [5, 5.41) is 8.85. The lowest BCUT2D eigenvalue weighted by atomic mass is 9.98. The van der Waals surface area contributed by atoms with Crippen molar-refractivity contribution in [2.24, 2.45) is 5.92 Å². The van der Waals surface area contributed by atoms with E-state index in [1.54, 1.807) is 19.2 Å². The van der Waals surface area contributed by atoms with Crippen LogP contribution in [0.1, 0.15) is 33.6 Å². The molecule has 0 bridgehead atoms. The molecule has 5 heteroatoms. The molecule has 0 spiro atoms. The monoisotopic (exact) mass is 277 g/mol. The number of hydrogen-bond donors (Lipinski definition) is 1. The van der Waals surface area contributed by atoms with Crippen LogP contribution in [-0.4, -0.2) is 48.7 Å². The number of carboxylic acid groups (broad SMARTS) is 1. The number of piperidine rings is 1. The van der Waals surface area contributed by atoms with E-state index in [0.717, 1.165) is 19.4 Å². The Morgan fingerprint density at radius 3 is 2.55 bits per heavy atom. The SMILES string of the molecule is COC[C@H]1CCCN(C(=O)c2ccc(C(=O)O)cc2)C1. The van der Waals surface area contributed by atoms with E-state index in [1.807, 2.05) is 4.90 Å². The Balaban J connectivity index is 2.04. The summed E-state index contributed by atoms with van der Waals surface area (Å²) in [6.45, 7) is 2.12. The minimum Gasteiger partial charge on any atom is -0.478 e. The van der Waals surface area contributed by atoms with Gasteiger partial charge in [-0.3, -0.25) is 4.79 Å². The fraction of sp³-hybridized carbons (Fsp3) is 0.467. The molecule has 0 aliphatic carbocycles. The second-order valence-corrected chi connectivity index (χ2v) is 5.10. The number of aromatic carboxylic acids is 1. The molecule has 1 aromatic rings. The number of amides is 1. The van der Waals surface area contributed by atoms with Crippen molar-refractivity contribution >= 4 is 11.9 Å². The van der Waals surface area contributed by atoms with E-state index in [0.29, 0.717) is 24.6 Å². The lowest BCUT2D eigenvalue weighted by molar-refractivity contribution is 0.0569. The molecule has 1 aromatic carbocycles. The third-order valence-electron chi connectivity index (χ3n) is 3.59. The Labute approximate surface area is 118 Å². The van der Waals surface area contributed by atoms with Crippen LogP contribution >= 0.6 is 0 Å². The van der Waals surface area contributed by atoms with E-state index in [9.17, 15) is 9.59 Å². The fourth-order valence-corrected chi connectivity index (χ4v) is 2.56. The molecular weight excluding hydrogens is 258 g/mol. The zero-order valence-corrected chi connectivity index (χ0v) is 11.5. The van der Waals surface area contributed by atoms with Crippen molar-refractivity contribution in [2.45, 2.75) is 12.8 Å². The van der Waals surface area contributed by atoms with Crippen LogP contribution in [0.4, 0.5) is 0 Å². The Hall–Kier alpha value is -1.88. The van der Waals surface area contributed by atoms with Crippen molar-refractivity contribution in [1.29, 1.82) is 0 Å². The van der Waals surface area contributed by atoms with Gasteiger partial charge in [0, 0.05) is 25.8 Å². The zero-order valence-electron chi connectivity index (χ0n) is 11.5. The Morgan fingerprint density at radius 2 is 1.95 bits per heavy atom. The molecule has 0 saturated carbocycles. The second kappa shape index (κ2) is 6.52. The molecule has 1 N–H and O–H groups in total. The highest BCUT2D eigenvalue weighted by Gasteiger charge is 2.24. The number of carboxylic acids is 1. The van der Waals surface area contributed by atoms with Crippen molar-refractivity contribution < 1.29 is 19.4 Å². The topological polar surface area (TPSA) is 66.8 Å². The largest absolute Gasteiger partial charge is 0.478 e. The van der Waals surface area contributed by atoms with Gasteiger partial charge in [0.2, 0.25) is 0 Å². The van der Waals surface area contributed by atoms with Gasteiger partial charge in [0.05, 0.1) is 12.2 Å². The van der Waals surface area contributed by atoms with E-state index in [4.69, 9.17) is 9.84 Å². The first kappa shape index (κ1) is 14.5. The maximum Gasteiger partial charge on any atom is 0.335 e. The summed E-state index contributed by atoms with van der Waals surface area (Å²) < 4.78 is 5.15. The van der Waals surface area contributed by atoms with Crippen LogP contribution < -0.4 is 0 Å². The molecule has 1 saturated heterocycles. The summed E-state index contributed by atoms with van der Waals surface area (Å²) in [6.07, 6.45) is 2.06. The smallest absolute Gasteiger partial charge is 0.335 e. The van der Waals surface area contributed by atoms with Crippen LogP contribution in [0, 0.1) is 5.92 Å². The Bertz CT molecular complexity index is 481. The first-order chi connectivity index (χ1) is 9.61. The number of carbonyl (C=O) groups is 2. The van der Waals surface area contributed by atoms with Crippen molar-refractivity contribution in [3.05, 3.63) is 35.4 Å². The highest BCUT2D eigenvalue weighted by atomic mass is 16.5. The summed E-state index contributed by atoms with van der Waals surface area (Å²) in [5.74, 6) is -0.638. The molecule has 1 aliphatic heterocycles. The number of methoxy groups -OCH3 is 1. The number of hydrogen-bond acceptors (Lipinski definition) is 3. The summed E-state index contributed by atoms with van der Waals surface area (Å²) in [4.78, 5) is 25.0. The molecule has 0 radical (unpaired) electrons. The van der Waals surface area contributed by atoms with E-state index in [2.05, 4.69) is 0 Å². The molecule has 2 rings (SSSR count). The van der Waals surface area contributed by atoms with E-state index in [1.165, 1.54) is 12.1 Å². The first-order valence-corrected chi connectivity index (χ1v) is 6.73. The molecule has 0 unspecified atom stereocenters. The van der Waals surface area contributed by atoms with Crippen LogP contribution in [0.25, 0.3) is 0 Å². The van der Waals surface area contributed by atoms with Crippen molar-refractivity contribution in [3.8, 4) is 0 Å². The molecule has 1 aliphatic rings. The van der Waals surface area contributed by atoms with Crippen LogP contribution in [0.2, 0.25) is 0 Å². The predicted octanol–water partition coefficient (Wildman–Crippen LogP) is 1.88. The molecule has 20 heavy (non-hydrogen) atoms. The average molecular weight is 277 g/mol. The highest BCUT2D eigenvalue weighted by molar-refractivity contribution is 5.95. The molecule has 1 heterocycles. The van der Waals surface area contributed by atoms with Gasteiger partial charge in [-0.15, -0.1) is 0 Å². The fourth-order valence-electron chi connectivity index (χ4n) is 2.56.